The zero-order valence-electron chi connectivity index (χ0n) is 16.7. The largest absolute Gasteiger partial charge is 0.393 e. The van der Waals surface area contributed by atoms with Gasteiger partial charge < -0.3 is 10.2 Å². The lowest BCUT2D eigenvalue weighted by atomic mass is 9.35. The summed E-state index contributed by atoms with van der Waals surface area (Å²) >= 11 is 6.71. The van der Waals surface area contributed by atoms with Crippen LogP contribution in [0.4, 0.5) is 0 Å². The second-order valence-corrected chi connectivity index (χ2v) is 11.8. The van der Waals surface area contributed by atoms with Crippen LogP contribution in [0.2, 0.25) is 0 Å². The minimum atomic E-state index is -0.265. The fourth-order valence-corrected chi connectivity index (χ4v) is 9.21. The van der Waals surface area contributed by atoms with Crippen molar-refractivity contribution in [1.29, 1.82) is 0 Å². The van der Waals surface area contributed by atoms with Gasteiger partial charge in [-0.1, -0.05) is 34.6 Å². The predicted octanol–water partition coefficient (Wildman–Crippen LogP) is 4.99. The quantitative estimate of drug-likeness (QED) is 0.591. The highest BCUT2D eigenvalue weighted by Crippen LogP contribution is 2.74. The van der Waals surface area contributed by atoms with E-state index in [9.17, 15) is 10.2 Å². The Bertz CT molecular complexity index is 562. The predicted molar refractivity (Wildman–Crippen MR) is 103 cm³/mol. The zero-order valence-corrected chi connectivity index (χ0v) is 17.4. The summed E-state index contributed by atoms with van der Waals surface area (Å²) in [5.74, 6) is 1.32. The number of rotatable bonds is 0. The fraction of sp³-hybridized carbons (Fsp3) is 1.00. The number of hydrogen-bond acceptors (Lipinski definition) is 2. The molecule has 0 aromatic heterocycles. The molecule has 4 aliphatic carbocycles. The molecule has 4 saturated carbocycles. The van der Waals surface area contributed by atoms with Gasteiger partial charge in [0.15, 0.2) is 0 Å². The summed E-state index contributed by atoms with van der Waals surface area (Å²) in [5, 5.41) is 21.9. The first kappa shape index (κ1) is 18.6. The summed E-state index contributed by atoms with van der Waals surface area (Å²) in [6.07, 6.45) is 7.08. The number of fused-ring (bicyclic) bond motifs is 5. The number of hydrogen-bond donors (Lipinski definition) is 2. The van der Waals surface area contributed by atoms with E-state index >= 15 is 0 Å². The molecular formula is C22H37ClO2. The summed E-state index contributed by atoms with van der Waals surface area (Å²) in [7, 11) is 0. The Morgan fingerprint density at radius 2 is 1.44 bits per heavy atom. The highest BCUT2D eigenvalue weighted by molar-refractivity contribution is 6.21. The van der Waals surface area contributed by atoms with Crippen molar-refractivity contribution in [3.8, 4) is 0 Å². The molecule has 3 heteroatoms. The Hall–Kier alpha value is 0.210. The van der Waals surface area contributed by atoms with Crippen molar-refractivity contribution >= 4 is 11.6 Å². The molecule has 0 unspecified atom stereocenters. The molecule has 4 rings (SSSR count). The SMILES string of the molecule is CC1(C)[C@@H](O)CC[C@]2(C)[C@H]3C[C@@H](O)[C@@H]4[C@@H](Cl)CC[C@@]4(C)[C@]3(C)CC[C@@H]12. The van der Waals surface area contributed by atoms with Gasteiger partial charge in [-0.2, -0.15) is 0 Å². The number of halogens is 1. The molecule has 2 nitrogen and oxygen atoms in total. The Morgan fingerprint density at radius 3 is 2.12 bits per heavy atom. The zero-order chi connectivity index (χ0) is 18.4. The highest BCUT2D eigenvalue weighted by atomic mass is 35.5. The van der Waals surface area contributed by atoms with Crippen LogP contribution < -0.4 is 0 Å². The average molecular weight is 369 g/mol. The van der Waals surface area contributed by atoms with Crippen LogP contribution in [0.5, 0.6) is 0 Å². The summed E-state index contributed by atoms with van der Waals surface area (Å²) in [6.45, 7) is 12.0. The molecule has 0 radical (unpaired) electrons. The molecule has 0 aromatic rings. The molecule has 2 N–H and O–H groups in total. The van der Waals surface area contributed by atoms with Crippen LogP contribution in [0.3, 0.4) is 0 Å². The molecule has 4 aliphatic rings. The lowest BCUT2D eigenvalue weighted by molar-refractivity contribution is -0.237. The first-order chi connectivity index (χ1) is 11.5. The topological polar surface area (TPSA) is 40.5 Å². The minimum absolute atomic E-state index is 0.0261. The standard InChI is InChI=1S/C22H37ClO2/c1-19(2)15-7-11-21(4)16(20(15,3)9-8-17(19)25)12-14(24)18-13(23)6-10-22(18,21)5/h13-18,24-25H,6-12H2,1-5H3/t13-,14+,15-,16+,17-,18-,20-,21+,22+/m0/s1. The number of aliphatic hydroxyl groups is 2. The van der Waals surface area contributed by atoms with Crippen molar-refractivity contribution in [2.24, 2.45) is 39.4 Å². The van der Waals surface area contributed by atoms with E-state index in [1.165, 1.54) is 12.8 Å². The molecule has 9 atom stereocenters. The van der Waals surface area contributed by atoms with Crippen LogP contribution in [0.1, 0.15) is 79.6 Å². The van der Waals surface area contributed by atoms with Crippen molar-refractivity contribution < 1.29 is 10.2 Å². The second kappa shape index (κ2) is 5.39. The van der Waals surface area contributed by atoms with Gasteiger partial charge in [0.1, 0.15) is 0 Å². The Morgan fingerprint density at radius 1 is 0.800 bits per heavy atom. The fourth-order valence-electron chi connectivity index (χ4n) is 8.66. The third kappa shape index (κ3) is 2.11. The van der Waals surface area contributed by atoms with E-state index in [0.29, 0.717) is 11.8 Å². The van der Waals surface area contributed by atoms with E-state index in [-0.39, 0.29) is 45.2 Å². The minimum Gasteiger partial charge on any atom is -0.393 e. The van der Waals surface area contributed by atoms with Gasteiger partial charge in [-0.3, -0.25) is 0 Å². The van der Waals surface area contributed by atoms with Crippen molar-refractivity contribution in [2.75, 3.05) is 0 Å². The first-order valence-corrected chi connectivity index (χ1v) is 10.9. The van der Waals surface area contributed by atoms with Gasteiger partial charge in [-0.05, 0) is 78.4 Å². The maximum Gasteiger partial charge on any atom is 0.0594 e. The molecule has 0 aromatic carbocycles. The highest BCUT2D eigenvalue weighted by Gasteiger charge is 2.70. The van der Waals surface area contributed by atoms with E-state index in [1.807, 2.05) is 0 Å². The van der Waals surface area contributed by atoms with E-state index in [1.54, 1.807) is 0 Å². The van der Waals surface area contributed by atoms with Gasteiger partial charge in [0.05, 0.1) is 12.2 Å². The molecule has 0 aliphatic heterocycles. The molecule has 4 fully saturated rings. The molecule has 25 heavy (non-hydrogen) atoms. The Kier molecular flexibility index (Phi) is 4.00. The average Bonchev–Trinajstić information content (AvgIpc) is 2.84. The van der Waals surface area contributed by atoms with Crippen LogP contribution >= 0.6 is 11.6 Å². The van der Waals surface area contributed by atoms with Gasteiger partial charge in [0.2, 0.25) is 0 Å². The third-order valence-electron chi connectivity index (χ3n) is 10.3. The third-order valence-corrected chi connectivity index (χ3v) is 10.8. The van der Waals surface area contributed by atoms with Crippen molar-refractivity contribution in [1.82, 2.24) is 0 Å². The van der Waals surface area contributed by atoms with Crippen LogP contribution in [0.25, 0.3) is 0 Å². The lowest BCUT2D eigenvalue weighted by Crippen LogP contribution is -2.66. The smallest absolute Gasteiger partial charge is 0.0594 e. The molecule has 0 spiro atoms. The van der Waals surface area contributed by atoms with E-state index in [0.717, 1.165) is 32.1 Å². The van der Waals surface area contributed by atoms with Gasteiger partial charge in [-0.15, -0.1) is 11.6 Å². The van der Waals surface area contributed by atoms with E-state index in [2.05, 4.69) is 34.6 Å². The first-order valence-electron chi connectivity index (χ1n) is 10.5. The molecule has 0 amide bonds. The summed E-state index contributed by atoms with van der Waals surface area (Å²) in [4.78, 5) is 0. The summed E-state index contributed by atoms with van der Waals surface area (Å²) in [6, 6.07) is 0. The lowest BCUT2D eigenvalue weighted by Gasteiger charge is -2.70. The van der Waals surface area contributed by atoms with Gasteiger partial charge in [-0.25, -0.2) is 0 Å². The number of alkyl halides is 1. The van der Waals surface area contributed by atoms with Crippen LogP contribution in [0.15, 0.2) is 0 Å². The molecular weight excluding hydrogens is 332 g/mol. The maximum atomic E-state index is 11.1. The molecule has 0 saturated heterocycles. The summed E-state index contributed by atoms with van der Waals surface area (Å²) < 4.78 is 0. The monoisotopic (exact) mass is 368 g/mol. The van der Waals surface area contributed by atoms with Crippen LogP contribution in [-0.2, 0) is 0 Å². The van der Waals surface area contributed by atoms with Gasteiger partial charge in [0.25, 0.3) is 0 Å². The number of aliphatic hydroxyl groups excluding tert-OH is 2. The van der Waals surface area contributed by atoms with E-state index in [4.69, 9.17) is 11.6 Å². The normalized spacial score (nSPS) is 60.5. The van der Waals surface area contributed by atoms with Gasteiger partial charge >= 0.3 is 0 Å². The van der Waals surface area contributed by atoms with Crippen molar-refractivity contribution in [3.63, 3.8) is 0 Å². The van der Waals surface area contributed by atoms with Crippen LogP contribution in [0, 0.1) is 39.4 Å². The molecule has 0 heterocycles. The van der Waals surface area contributed by atoms with Crippen molar-refractivity contribution in [2.45, 2.75) is 97.1 Å². The van der Waals surface area contributed by atoms with Crippen LogP contribution in [-0.4, -0.2) is 27.8 Å². The molecule has 0 bridgehead atoms. The maximum absolute atomic E-state index is 11.1. The Labute approximate surface area is 158 Å². The van der Waals surface area contributed by atoms with Gasteiger partial charge in [0, 0.05) is 11.3 Å². The van der Waals surface area contributed by atoms with E-state index < -0.39 is 0 Å². The Balaban J connectivity index is 1.78. The second-order valence-electron chi connectivity index (χ2n) is 11.2. The molecule has 144 valence electrons. The van der Waals surface area contributed by atoms with Crippen molar-refractivity contribution in [3.05, 3.63) is 0 Å². The summed E-state index contributed by atoms with van der Waals surface area (Å²) in [5.41, 5.74) is 0.594.